The van der Waals surface area contributed by atoms with Crippen LogP contribution in [0.3, 0.4) is 0 Å². The third-order valence-corrected chi connectivity index (χ3v) is 4.14. The fourth-order valence-electron chi connectivity index (χ4n) is 2.58. The van der Waals surface area contributed by atoms with E-state index in [2.05, 4.69) is 15.3 Å². The van der Waals surface area contributed by atoms with Crippen LogP contribution in [-0.2, 0) is 14.3 Å². The van der Waals surface area contributed by atoms with E-state index in [9.17, 15) is 14.4 Å². The number of carbonyl (C=O) groups is 3. The molecule has 1 heterocycles. The van der Waals surface area contributed by atoms with Crippen LogP contribution in [0.4, 0.5) is 5.69 Å². The number of aromatic nitrogens is 2. The minimum atomic E-state index is -1.07. The summed E-state index contributed by atoms with van der Waals surface area (Å²) in [7, 11) is 1.25. The van der Waals surface area contributed by atoms with E-state index in [0.717, 1.165) is 5.56 Å². The predicted molar refractivity (Wildman–Crippen MR) is 105 cm³/mol. The van der Waals surface area contributed by atoms with Gasteiger partial charge in [-0.05, 0) is 31.2 Å². The van der Waals surface area contributed by atoms with E-state index in [1.54, 1.807) is 54.9 Å². The van der Waals surface area contributed by atoms with Crippen molar-refractivity contribution in [2.45, 2.75) is 13.0 Å². The van der Waals surface area contributed by atoms with E-state index < -0.39 is 23.9 Å². The number of ether oxygens (including phenoxy) is 2. The van der Waals surface area contributed by atoms with Crippen molar-refractivity contribution in [1.82, 2.24) is 9.97 Å². The SMILES string of the molecule is COC(=O)c1ccccc1NC(=O)C(C)OC(=O)c1ccc(-c2ncc[nH]2)cc1. The van der Waals surface area contributed by atoms with Crippen LogP contribution in [0, 0.1) is 0 Å². The van der Waals surface area contributed by atoms with E-state index in [0.29, 0.717) is 11.4 Å². The predicted octanol–water partition coefficient (Wildman–Crippen LogP) is 3.05. The van der Waals surface area contributed by atoms with Crippen LogP contribution in [-0.4, -0.2) is 41.0 Å². The average molecular weight is 393 g/mol. The molecule has 2 aromatic carbocycles. The number of nitrogens with one attached hydrogen (secondary N) is 2. The van der Waals surface area contributed by atoms with Crippen molar-refractivity contribution in [3.8, 4) is 11.4 Å². The molecule has 29 heavy (non-hydrogen) atoms. The third-order valence-electron chi connectivity index (χ3n) is 4.14. The topological polar surface area (TPSA) is 110 Å². The Kier molecular flexibility index (Phi) is 6.03. The van der Waals surface area contributed by atoms with Crippen molar-refractivity contribution < 1.29 is 23.9 Å². The van der Waals surface area contributed by atoms with Crippen molar-refractivity contribution in [2.75, 3.05) is 12.4 Å². The van der Waals surface area contributed by atoms with Crippen LogP contribution in [0.1, 0.15) is 27.6 Å². The molecular weight excluding hydrogens is 374 g/mol. The molecule has 1 atom stereocenters. The second-order valence-electron chi connectivity index (χ2n) is 6.09. The molecule has 148 valence electrons. The van der Waals surface area contributed by atoms with E-state index >= 15 is 0 Å². The van der Waals surface area contributed by atoms with Crippen molar-refractivity contribution in [3.63, 3.8) is 0 Å². The van der Waals surface area contributed by atoms with Gasteiger partial charge < -0.3 is 19.8 Å². The molecule has 0 aliphatic rings. The number of para-hydroxylation sites is 1. The summed E-state index contributed by atoms with van der Waals surface area (Å²) in [6.07, 6.45) is 2.27. The van der Waals surface area contributed by atoms with Crippen molar-refractivity contribution >= 4 is 23.5 Å². The fourth-order valence-corrected chi connectivity index (χ4v) is 2.58. The molecule has 1 amide bonds. The zero-order valence-electron chi connectivity index (χ0n) is 15.8. The van der Waals surface area contributed by atoms with Gasteiger partial charge in [0.15, 0.2) is 6.10 Å². The summed E-state index contributed by atoms with van der Waals surface area (Å²) < 4.78 is 9.93. The standard InChI is InChI=1S/C21H19N3O5/c1-13(19(25)24-17-6-4-3-5-16(17)21(27)28-2)29-20(26)15-9-7-14(8-10-15)18-22-11-12-23-18/h3-13H,1-2H3,(H,22,23)(H,24,25). The zero-order chi connectivity index (χ0) is 20.8. The normalized spacial score (nSPS) is 11.4. The van der Waals surface area contributed by atoms with Gasteiger partial charge in [-0.3, -0.25) is 4.79 Å². The van der Waals surface area contributed by atoms with Crippen molar-refractivity contribution in [2.24, 2.45) is 0 Å². The van der Waals surface area contributed by atoms with Gasteiger partial charge in [-0.1, -0.05) is 24.3 Å². The number of imidazole rings is 1. The lowest BCUT2D eigenvalue weighted by Crippen LogP contribution is -2.30. The smallest absolute Gasteiger partial charge is 0.339 e. The number of aromatic amines is 1. The maximum Gasteiger partial charge on any atom is 0.339 e. The lowest BCUT2D eigenvalue weighted by molar-refractivity contribution is -0.123. The van der Waals surface area contributed by atoms with Gasteiger partial charge in [0.2, 0.25) is 0 Å². The van der Waals surface area contributed by atoms with E-state index in [1.165, 1.54) is 20.1 Å². The molecule has 0 fully saturated rings. The summed E-state index contributed by atoms with van der Waals surface area (Å²) in [5.74, 6) is -1.11. The minimum absolute atomic E-state index is 0.204. The number of amides is 1. The Balaban J connectivity index is 1.64. The van der Waals surface area contributed by atoms with Crippen molar-refractivity contribution in [3.05, 3.63) is 72.1 Å². The number of nitrogens with zero attached hydrogens (tertiary/aromatic N) is 1. The lowest BCUT2D eigenvalue weighted by Gasteiger charge is -2.15. The van der Waals surface area contributed by atoms with Crippen LogP contribution in [0.5, 0.6) is 0 Å². The number of hydrogen-bond donors (Lipinski definition) is 2. The summed E-state index contributed by atoms with van der Waals surface area (Å²) in [5, 5.41) is 2.58. The number of rotatable bonds is 6. The molecule has 0 aliphatic heterocycles. The van der Waals surface area contributed by atoms with Gasteiger partial charge in [0, 0.05) is 18.0 Å². The average Bonchev–Trinajstić information content (AvgIpc) is 3.28. The van der Waals surface area contributed by atoms with Gasteiger partial charge in [0.25, 0.3) is 5.91 Å². The number of H-pyrrole nitrogens is 1. The van der Waals surface area contributed by atoms with Crippen molar-refractivity contribution in [1.29, 1.82) is 0 Å². The molecule has 1 aromatic heterocycles. The molecule has 3 aromatic rings. The molecular formula is C21H19N3O5. The summed E-state index contributed by atoms with van der Waals surface area (Å²) in [5.41, 5.74) is 1.59. The summed E-state index contributed by atoms with van der Waals surface area (Å²) >= 11 is 0. The van der Waals surface area contributed by atoms with Gasteiger partial charge in [-0.2, -0.15) is 0 Å². The number of anilines is 1. The molecule has 0 spiro atoms. The van der Waals surface area contributed by atoms with Gasteiger partial charge in [-0.15, -0.1) is 0 Å². The first-order chi connectivity index (χ1) is 14.0. The highest BCUT2D eigenvalue weighted by Crippen LogP contribution is 2.18. The van der Waals surface area contributed by atoms with E-state index in [-0.39, 0.29) is 11.3 Å². The molecule has 0 aliphatic carbocycles. The molecule has 1 unspecified atom stereocenters. The Hall–Kier alpha value is -3.94. The Morgan fingerprint density at radius 2 is 1.76 bits per heavy atom. The third kappa shape index (κ3) is 4.67. The first-order valence-electron chi connectivity index (χ1n) is 8.78. The van der Waals surface area contributed by atoms with E-state index in [1.807, 2.05) is 0 Å². The van der Waals surface area contributed by atoms with Gasteiger partial charge in [-0.25, -0.2) is 14.6 Å². The second kappa shape index (κ2) is 8.83. The summed E-state index contributed by atoms with van der Waals surface area (Å²) in [6, 6.07) is 13.1. The summed E-state index contributed by atoms with van der Waals surface area (Å²) in [4.78, 5) is 43.6. The molecule has 8 nitrogen and oxygen atoms in total. The number of benzene rings is 2. The first kappa shape index (κ1) is 19.8. The number of esters is 2. The molecule has 0 radical (unpaired) electrons. The monoisotopic (exact) mass is 393 g/mol. The Bertz CT molecular complexity index is 1010. The fraction of sp³-hybridized carbons (Fsp3) is 0.143. The zero-order valence-corrected chi connectivity index (χ0v) is 15.8. The Morgan fingerprint density at radius 3 is 2.41 bits per heavy atom. The highest BCUT2D eigenvalue weighted by atomic mass is 16.5. The maximum atomic E-state index is 12.4. The van der Waals surface area contributed by atoms with Crippen LogP contribution in [0.15, 0.2) is 60.9 Å². The Labute approximate surface area is 166 Å². The number of carbonyl (C=O) groups excluding carboxylic acids is 3. The van der Waals surface area contributed by atoms with Gasteiger partial charge >= 0.3 is 11.9 Å². The number of methoxy groups -OCH3 is 1. The van der Waals surface area contributed by atoms with Gasteiger partial charge in [0.1, 0.15) is 5.82 Å². The molecule has 3 rings (SSSR count). The van der Waals surface area contributed by atoms with Crippen LogP contribution < -0.4 is 5.32 Å². The summed E-state index contributed by atoms with van der Waals surface area (Å²) in [6.45, 7) is 1.45. The molecule has 0 saturated carbocycles. The second-order valence-corrected chi connectivity index (χ2v) is 6.09. The lowest BCUT2D eigenvalue weighted by atomic mass is 10.1. The molecule has 8 heteroatoms. The minimum Gasteiger partial charge on any atom is -0.465 e. The highest BCUT2D eigenvalue weighted by Gasteiger charge is 2.21. The molecule has 0 bridgehead atoms. The maximum absolute atomic E-state index is 12.4. The van der Waals surface area contributed by atoms with E-state index in [4.69, 9.17) is 9.47 Å². The largest absolute Gasteiger partial charge is 0.465 e. The molecule has 2 N–H and O–H groups in total. The highest BCUT2D eigenvalue weighted by molar-refractivity contribution is 6.03. The molecule has 0 saturated heterocycles. The van der Waals surface area contributed by atoms with Gasteiger partial charge in [0.05, 0.1) is 23.9 Å². The number of hydrogen-bond acceptors (Lipinski definition) is 6. The van der Waals surface area contributed by atoms with Crippen LogP contribution >= 0.6 is 0 Å². The quantitative estimate of drug-likeness (QED) is 0.623. The van der Waals surface area contributed by atoms with Crippen LogP contribution in [0.2, 0.25) is 0 Å². The Morgan fingerprint density at radius 1 is 1.03 bits per heavy atom. The first-order valence-corrected chi connectivity index (χ1v) is 8.78. The van der Waals surface area contributed by atoms with Crippen LogP contribution in [0.25, 0.3) is 11.4 Å².